The molecule has 0 aromatic heterocycles. The van der Waals surface area contributed by atoms with Crippen molar-refractivity contribution in [1.82, 2.24) is 5.32 Å². The first-order chi connectivity index (χ1) is 9.36. The Labute approximate surface area is 112 Å². The molecule has 0 aliphatic heterocycles. The highest BCUT2D eigenvalue weighted by atomic mass is 19.1. The molecule has 0 radical (unpaired) electrons. The molecule has 20 heavy (non-hydrogen) atoms. The van der Waals surface area contributed by atoms with Crippen molar-refractivity contribution in [2.75, 3.05) is 6.61 Å². The number of aliphatic hydroxyl groups excluding tert-OH is 1. The van der Waals surface area contributed by atoms with Crippen molar-refractivity contribution in [1.29, 1.82) is 0 Å². The van der Waals surface area contributed by atoms with Gasteiger partial charge < -0.3 is 15.5 Å². The Bertz CT molecular complexity index is 548. The lowest BCUT2D eigenvalue weighted by atomic mass is 10.1. The molecule has 3 N–H and O–H groups in total. The molecule has 108 valence electrons. The van der Waals surface area contributed by atoms with Crippen LogP contribution in [0.3, 0.4) is 0 Å². The number of aliphatic hydroxyl groups is 1. The number of hydrogen-bond acceptors (Lipinski definition) is 5. The Balaban J connectivity index is 3.03. The summed E-state index contributed by atoms with van der Waals surface area (Å²) in [6.07, 6.45) is -0.254. The number of nitrogens with zero attached hydrogens (tertiary/aromatic N) is 1. The van der Waals surface area contributed by atoms with Crippen LogP contribution < -0.4 is 5.32 Å². The normalized spacial score (nSPS) is 11.7. The van der Waals surface area contributed by atoms with E-state index in [0.717, 1.165) is 12.1 Å². The number of benzene rings is 1. The van der Waals surface area contributed by atoms with Gasteiger partial charge in [-0.3, -0.25) is 14.9 Å². The molecule has 1 rings (SSSR count). The number of aliphatic carboxylic acids is 1. The number of nitrogens with one attached hydrogen (secondary N) is 1. The summed E-state index contributed by atoms with van der Waals surface area (Å²) in [6, 6.07) is 0.915. The van der Waals surface area contributed by atoms with Crippen LogP contribution in [0.1, 0.15) is 16.8 Å². The van der Waals surface area contributed by atoms with Crippen LogP contribution in [0.15, 0.2) is 18.2 Å². The van der Waals surface area contributed by atoms with Gasteiger partial charge in [-0.25, -0.2) is 9.18 Å². The fourth-order valence-electron chi connectivity index (χ4n) is 1.47. The Hall–Kier alpha value is -2.55. The maximum absolute atomic E-state index is 12.9. The number of carbonyl (C=O) groups excluding carboxylic acids is 1. The van der Waals surface area contributed by atoms with Crippen molar-refractivity contribution in [3.05, 3.63) is 39.7 Å². The zero-order valence-electron chi connectivity index (χ0n) is 10.1. The largest absolute Gasteiger partial charge is 0.480 e. The summed E-state index contributed by atoms with van der Waals surface area (Å²) in [4.78, 5) is 32.4. The van der Waals surface area contributed by atoms with Gasteiger partial charge in [0.15, 0.2) is 0 Å². The third kappa shape index (κ3) is 3.72. The third-order valence-electron chi connectivity index (χ3n) is 2.42. The molecule has 1 atom stereocenters. The van der Waals surface area contributed by atoms with E-state index in [0.29, 0.717) is 6.07 Å². The second-order valence-electron chi connectivity index (χ2n) is 3.80. The van der Waals surface area contributed by atoms with Gasteiger partial charge in [-0.2, -0.15) is 0 Å². The summed E-state index contributed by atoms with van der Waals surface area (Å²) in [7, 11) is 0. The predicted molar refractivity (Wildman–Crippen MR) is 63.6 cm³/mol. The highest BCUT2D eigenvalue weighted by Crippen LogP contribution is 2.19. The third-order valence-corrected chi connectivity index (χ3v) is 2.42. The Morgan fingerprint density at radius 2 is 2.10 bits per heavy atom. The molecule has 1 amide bonds. The fraction of sp³-hybridized carbons (Fsp3) is 0.273. The predicted octanol–water partition coefficient (Wildman–Crippen LogP) is 0.299. The molecule has 1 aromatic rings. The van der Waals surface area contributed by atoms with Crippen LogP contribution in [0.25, 0.3) is 0 Å². The Kier molecular flexibility index (Phi) is 5.09. The van der Waals surface area contributed by atoms with Crippen LogP contribution in [0.4, 0.5) is 10.1 Å². The van der Waals surface area contributed by atoms with Crippen LogP contribution in [-0.2, 0) is 4.79 Å². The summed E-state index contributed by atoms with van der Waals surface area (Å²) in [5, 5.41) is 30.2. The molecule has 8 nitrogen and oxygen atoms in total. The number of amides is 1. The first-order valence-electron chi connectivity index (χ1n) is 5.45. The molecule has 0 heterocycles. The SMILES string of the molecule is O=C(NC(CCO)C(=O)O)c1ccc(F)cc1[N+](=O)[O-]. The molecule has 0 saturated heterocycles. The molecule has 9 heteroatoms. The summed E-state index contributed by atoms with van der Waals surface area (Å²) >= 11 is 0. The van der Waals surface area contributed by atoms with Gasteiger partial charge >= 0.3 is 5.97 Å². The van der Waals surface area contributed by atoms with Crippen molar-refractivity contribution in [2.24, 2.45) is 0 Å². The van der Waals surface area contributed by atoms with Crippen LogP contribution in [-0.4, -0.2) is 39.7 Å². The van der Waals surface area contributed by atoms with E-state index in [1.807, 2.05) is 5.32 Å². The molecule has 0 saturated carbocycles. The van der Waals surface area contributed by atoms with E-state index in [2.05, 4.69) is 0 Å². The lowest BCUT2D eigenvalue weighted by Crippen LogP contribution is -2.41. The maximum Gasteiger partial charge on any atom is 0.326 e. The van der Waals surface area contributed by atoms with Gasteiger partial charge in [0.1, 0.15) is 17.4 Å². The van der Waals surface area contributed by atoms with Crippen LogP contribution in [0.2, 0.25) is 0 Å². The van der Waals surface area contributed by atoms with Gasteiger partial charge in [0, 0.05) is 13.0 Å². The molecule has 0 spiro atoms. The number of carbonyl (C=O) groups is 2. The molecule has 0 aliphatic rings. The highest BCUT2D eigenvalue weighted by molar-refractivity contribution is 5.99. The van der Waals surface area contributed by atoms with Gasteiger partial charge in [-0.15, -0.1) is 0 Å². The van der Waals surface area contributed by atoms with E-state index in [1.54, 1.807) is 0 Å². The molecule has 0 bridgehead atoms. The summed E-state index contributed by atoms with van der Waals surface area (Å²) in [6.45, 7) is -0.483. The molecular formula is C11H11FN2O6. The molecule has 1 unspecified atom stereocenters. The number of hydrogen-bond donors (Lipinski definition) is 3. The van der Waals surface area contributed by atoms with E-state index in [1.165, 1.54) is 0 Å². The first kappa shape index (κ1) is 15.5. The van der Waals surface area contributed by atoms with Crippen LogP contribution in [0.5, 0.6) is 0 Å². The molecular weight excluding hydrogens is 275 g/mol. The second-order valence-corrected chi connectivity index (χ2v) is 3.80. The number of carboxylic acids is 1. The lowest BCUT2D eigenvalue weighted by Gasteiger charge is -2.13. The van der Waals surface area contributed by atoms with Crippen LogP contribution >= 0.6 is 0 Å². The number of nitro benzene ring substituents is 1. The van der Waals surface area contributed by atoms with E-state index in [-0.39, 0.29) is 6.42 Å². The average Bonchev–Trinajstić information content (AvgIpc) is 2.37. The minimum absolute atomic E-state index is 0.254. The van der Waals surface area contributed by atoms with Gasteiger partial charge in [0.05, 0.1) is 11.0 Å². The van der Waals surface area contributed by atoms with Gasteiger partial charge in [0.2, 0.25) is 0 Å². The second kappa shape index (κ2) is 6.57. The first-order valence-corrected chi connectivity index (χ1v) is 5.45. The van der Waals surface area contributed by atoms with Gasteiger partial charge in [0.25, 0.3) is 11.6 Å². The van der Waals surface area contributed by atoms with Crippen LogP contribution in [0, 0.1) is 15.9 Å². The van der Waals surface area contributed by atoms with E-state index < -0.39 is 46.5 Å². The van der Waals surface area contributed by atoms with Crippen molar-refractivity contribution < 1.29 is 29.1 Å². The monoisotopic (exact) mass is 286 g/mol. The minimum Gasteiger partial charge on any atom is -0.480 e. The van der Waals surface area contributed by atoms with E-state index in [9.17, 15) is 24.1 Å². The summed E-state index contributed by atoms with van der Waals surface area (Å²) in [5.74, 6) is -3.31. The summed E-state index contributed by atoms with van der Waals surface area (Å²) in [5.41, 5.74) is -1.23. The minimum atomic E-state index is -1.39. The lowest BCUT2D eigenvalue weighted by molar-refractivity contribution is -0.385. The topological polar surface area (TPSA) is 130 Å². The van der Waals surface area contributed by atoms with E-state index >= 15 is 0 Å². The highest BCUT2D eigenvalue weighted by Gasteiger charge is 2.25. The zero-order chi connectivity index (χ0) is 15.3. The number of nitro groups is 1. The van der Waals surface area contributed by atoms with Crippen molar-refractivity contribution >= 4 is 17.6 Å². The fourth-order valence-corrected chi connectivity index (χ4v) is 1.47. The molecule has 0 fully saturated rings. The smallest absolute Gasteiger partial charge is 0.326 e. The average molecular weight is 286 g/mol. The molecule has 1 aromatic carbocycles. The van der Waals surface area contributed by atoms with Crippen molar-refractivity contribution in [2.45, 2.75) is 12.5 Å². The standard InChI is InChI=1S/C11H11FN2O6/c12-6-1-2-7(9(5-6)14(19)20)10(16)13-8(3-4-15)11(17)18/h1-2,5,8,15H,3-4H2,(H,13,16)(H,17,18). The number of rotatable bonds is 6. The van der Waals surface area contributed by atoms with Crippen molar-refractivity contribution in [3.63, 3.8) is 0 Å². The zero-order valence-corrected chi connectivity index (χ0v) is 10.1. The van der Waals surface area contributed by atoms with Gasteiger partial charge in [-0.1, -0.05) is 0 Å². The summed E-state index contributed by atoms with van der Waals surface area (Å²) < 4.78 is 12.9. The van der Waals surface area contributed by atoms with Gasteiger partial charge in [-0.05, 0) is 12.1 Å². The number of carboxylic acid groups (broad SMARTS) is 1. The molecule has 0 aliphatic carbocycles. The van der Waals surface area contributed by atoms with Crippen molar-refractivity contribution in [3.8, 4) is 0 Å². The maximum atomic E-state index is 12.9. The Morgan fingerprint density at radius 3 is 2.60 bits per heavy atom. The Morgan fingerprint density at radius 1 is 1.45 bits per heavy atom. The number of halogens is 1. The van der Waals surface area contributed by atoms with E-state index in [4.69, 9.17) is 10.2 Å². The quantitative estimate of drug-likeness (QED) is 0.509.